The van der Waals surface area contributed by atoms with Crippen LogP contribution >= 0.6 is 0 Å². The Bertz CT molecular complexity index is 166. The van der Waals surface area contributed by atoms with Gasteiger partial charge in [0.1, 0.15) is 0 Å². The van der Waals surface area contributed by atoms with E-state index in [1.807, 2.05) is 0 Å². The van der Waals surface area contributed by atoms with Gasteiger partial charge in [-0.3, -0.25) is 0 Å². The maximum Gasteiger partial charge on any atom is 0.0218 e. The first-order valence-corrected chi connectivity index (χ1v) is 7.41. The van der Waals surface area contributed by atoms with E-state index in [4.69, 9.17) is 5.73 Å². The second-order valence-corrected chi connectivity index (χ2v) is 5.98. The van der Waals surface area contributed by atoms with E-state index in [2.05, 4.69) is 46.9 Å². The van der Waals surface area contributed by atoms with E-state index in [0.717, 1.165) is 36.8 Å². The highest BCUT2D eigenvalue weighted by Gasteiger charge is 2.21. The van der Waals surface area contributed by atoms with Crippen molar-refractivity contribution in [3.8, 4) is 0 Å². The lowest BCUT2D eigenvalue weighted by molar-refractivity contribution is 0.243. The molecular formula is C15H34N2. The van der Waals surface area contributed by atoms with Crippen LogP contribution in [0.25, 0.3) is 0 Å². The molecule has 0 radical (unpaired) electrons. The maximum absolute atomic E-state index is 5.90. The van der Waals surface area contributed by atoms with Crippen LogP contribution in [0.5, 0.6) is 0 Å². The average molecular weight is 242 g/mol. The molecule has 3 N–H and O–H groups in total. The SMILES string of the molecule is CCC(CC)C(CN)NCC(C(C)C)C(C)C. The number of rotatable bonds is 9. The normalized spacial score (nSPS) is 14.3. The largest absolute Gasteiger partial charge is 0.329 e. The molecule has 2 nitrogen and oxygen atoms in total. The van der Waals surface area contributed by atoms with E-state index in [1.165, 1.54) is 12.8 Å². The van der Waals surface area contributed by atoms with Gasteiger partial charge in [0.2, 0.25) is 0 Å². The molecule has 0 saturated heterocycles. The van der Waals surface area contributed by atoms with E-state index in [1.54, 1.807) is 0 Å². The lowest BCUT2D eigenvalue weighted by atomic mass is 9.84. The van der Waals surface area contributed by atoms with Crippen LogP contribution < -0.4 is 11.1 Å². The highest BCUT2D eigenvalue weighted by molar-refractivity contribution is 4.78. The molecule has 0 fully saturated rings. The summed E-state index contributed by atoms with van der Waals surface area (Å²) in [5.41, 5.74) is 5.90. The summed E-state index contributed by atoms with van der Waals surface area (Å²) in [7, 11) is 0. The molecule has 17 heavy (non-hydrogen) atoms. The van der Waals surface area contributed by atoms with Crippen LogP contribution in [0, 0.1) is 23.7 Å². The minimum absolute atomic E-state index is 0.491. The van der Waals surface area contributed by atoms with Gasteiger partial charge in [0.15, 0.2) is 0 Å². The summed E-state index contributed by atoms with van der Waals surface area (Å²) >= 11 is 0. The predicted octanol–water partition coefficient (Wildman–Crippen LogP) is 3.27. The zero-order valence-corrected chi connectivity index (χ0v) is 12.8. The summed E-state index contributed by atoms with van der Waals surface area (Å²) in [6, 6.07) is 0.491. The average Bonchev–Trinajstić information content (AvgIpc) is 2.27. The fraction of sp³-hybridized carbons (Fsp3) is 1.00. The molecule has 1 unspecified atom stereocenters. The molecule has 0 spiro atoms. The Hall–Kier alpha value is -0.0800. The van der Waals surface area contributed by atoms with Crippen LogP contribution in [-0.2, 0) is 0 Å². The molecule has 0 amide bonds. The van der Waals surface area contributed by atoms with Crippen LogP contribution in [0.3, 0.4) is 0 Å². The molecule has 0 heterocycles. The van der Waals surface area contributed by atoms with E-state index in [9.17, 15) is 0 Å². The third-order valence-electron chi connectivity index (χ3n) is 4.20. The topological polar surface area (TPSA) is 38.0 Å². The van der Waals surface area contributed by atoms with Crippen LogP contribution in [0.4, 0.5) is 0 Å². The van der Waals surface area contributed by atoms with Gasteiger partial charge in [0.05, 0.1) is 0 Å². The first-order valence-electron chi connectivity index (χ1n) is 7.41. The summed E-state index contributed by atoms with van der Waals surface area (Å²) in [5.74, 6) is 2.95. The van der Waals surface area contributed by atoms with Crippen molar-refractivity contribution in [2.75, 3.05) is 13.1 Å². The Morgan fingerprint density at radius 1 is 0.941 bits per heavy atom. The van der Waals surface area contributed by atoms with Gasteiger partial charge in [0, 0.05) is 12.6 Å². The fourth-order valence-corrected chi connectivity index (χ4v) is 2.83. The van der Waals surface area contributed by atoms with Crippen molar-refractivity contribution in [3.63, 3.8) is 0 Å². The van der Waals surface area contributed by atoms with Gasteiger partial charge in [-0.2, -0.15) is 0 Å². The van der Waals surface area contributed by atoms with Crippen molar-refractivity contribution in [1.29, 1.82) is 0 Å². The molecule has 1 atom stereocenters. The summed E-state index contributed by atoms with van der Waals surface area (Å²) < 4.78 is 0. The molecule has 0 bridgehead atoms. The maximum atomic E-state index is 5.90. The molecule has 0 aliphatic carbocycles. The summed E-state index contributed by atoms with van der Waals surface area (Å²) in [6.07, 6.45) is 2.44. The van der Waals surface area contributed by atoms with Gasteiger partial charge in [-0.05, 0) is 30.2 Å². The second kappa shape index (κ2) is 8.93. The monoisotopic (exact) mass is 242 g/mol. The fourth-order valence-electron chi connectivity index (χ4n) is 2.83. The van der Waals surface area contributed by atoms with Gasteiger partial charge >= 0.3 is 0 Å². The lowest BCUT2D eigenvalue weighted by Crippen LogP contribution is -2.45. The Kier molecular flexibility index (Phi) is 8.89. The Labute approximate surface area is 109 Å². The van der Waals surface area contributed by atoms with E-state index in [0.29, 0.717) is 6.04 Å². The second-order valence-electron chi connectivity index (χ2n) is 5.98. The summed E-state index contributed by atoms with van der Waals surface area (Å²) in [5, 5.41) is 3.71. The van der Waals surface area contributed by atoms with Gasteiger partial charge in [-0.25, -0.2) is 0 Å². The van der Waals surface area contributed by atoms with Crippen molar-refractivity contribution in [1.82, 2.24) is 5.32 Å². The molecule has 0 aromatic carbocycles. The highest BCUT2D eigenvalue weighted by atomic mass is 14.9. The standard InChI is InChI=1S/C15H34N2/c1-7-13(8-2)15(9-16)17-10-14(11(3)4)12(5)6/h11-15,17H,7-10,16H2,1-6H3. The number of hydrogen-bond donors (Lipinski definition) is 2. The van der Waals surface area contributed by atoms with Crippen molar-refractivity contribution < 1.29 is 0 Å². The van der Waals surface area contributed by atoms with Gasteiger partial charge < -0.3 is 11.1 Å². The highest BCUT2D eigenvalue weighted by Crippen LogP contribution is 2.20. The van der Waals surface area contributed by atoms with Gasteiger partial charge in [-0.15, -0.1) is 0 Å². The molecule has 2 heteroatoms. The number of hydrogen-bond acceptors (Lipinski definition) is 2. The van der Waals surface area contributed by atoms with Crippen LogP contribution in [-0.4, -0.2) is 19.1 Å². The van der Waals surface area contributed by atoms with E-state index >= 15 is 0 Å². The first kappa shape index (κ1) is 16.9. The van der Waals surface area contributed by atoms with Crippen LogP contribution in [0.15, 0.2) is 0 Å². The van der Waals surface area contributed by atoms with Gasteiger partial charge in [0.25, 0.3) is 0 Å². The van der Waals surface area contributed by atoms with Crippen molar-refractivity contribution >= 4 is 0 Å². The minimum atomic E-state index is 0.491. The van der Waals surface area contributed by atoms with Crippen LogP contribution in [0.1, 0.15) is 54.4 Å². The first-order chi connectivity index (χ1) is 7.97. The van der Waals surface area contributed by atoms with Crippen molar-refractivity contribution in [2.45, 2.75) is 60.4 Å². The Morgan fingerprint density at radius 3 is 1.71 bits per heavy atom. The lowest BCUT2D eigenvalue weighted by Gasteiger charge is -2.31. The zero-order chi connectivity index (χ0) is 13.4. The van der Waals surface area contributed by atoms with Gasteiger partial charge in [-0.1, -0.05) is 54.4 Å². The molecule has 0 aromatic heterocycles. The third kappa shape index (κ3) is 5.87. The van der Waals surface area contributed by atoms with Crippen molar-refractivity contribution in [3.05, 3.63) is 0 Å². The smallest absolute Gasteiger partial charge is 0.0218 e. The van der Waals surface area contributed by atoms with E-state index < -0.39 is 0 Å². The van der Waals surface area contributed by atoms with Crippen molar-refractivity contribution in [2.24, 2.45) is 29.4 Å². The summed E-state index contributed by atoms with van der Waals surface area (Å²) in [4.78, 5) is 0. The molecule has 0 aromatic rings. The molecule has 104 valence electrons. The molecule has 0 rings (SSSR count). The zero-order valence-electron chi connectivity index (χ0n) is 12.8. The summed E-state index contributed by atoms with van der Waals surface area (Å²) in [6.45, 7) is 15.7. The van der Waals surface area contributed by atoms with Crippen LogP contribution in [0.2, 0.25) is 0 Å². The van der Waals surface area contributed by atoms with E-state index in [-0.39, 0.29) is 0 Å². The molecule has 0 aliphatic rings. The quantitative estimate of drug-likeness (QED) is 0.651. The molecular weight excluding hydrogens is 208 g/mol. The predicted molar refractivity (Wildman–Crippen MR) is 78.1 cm³/mol. The number of nitrogens with two attached hydrogens (primary N) is 1. The molecule has 0 saturated carbocycles. The molecule has 0 aliphatic heterocycles. The number of nitrogens with one attached hydrogen (secondary N) is 1. The Morgan fingerprint density at radius 2 is 1.41 bits per heavy atom. The Balaban J connectivity index is 4.28. The minimum Gasteiger partial charge on any atom is -0.329 e. The third-order valence-corrected chi connectivity index (χ3v) is 4.20.